The Bertz CT molecular complexity index is 3660. The lowest BCUT2D eigenvalue weighted by Gasteiger charge is -2.23. The van der Waals surface area contributed by atoms with Gasteiger partial charge < -0.3 is 38.6 Å². The van der Waals surface area contributed by atoms with E-state index in [-0.39, 0.29) is 29.2 Å². The minimum Gasteiger partial charge on any atom is -0.494 e. The number of hydrogen-bond donors (Lipinski definition) is 1. The van der Waals surface area contributed by atoms with Gasteiger partial charge >= 0.3 is 5.97 Å². The summed E-state index contributed by atoms with van der Waals surface area (Å²) in [7, 11) is 6.03. The van der Waals surface area contributed by atoms with Crippen molar-refractivity contribution in [2.75, 3.05) is 77.6 Å². The Hall–Kier alpha value is -9.29. The fourth-order valence-corrected chi connectivity index (χ4v) is 12.4. The van der Waals surface area contributed by atoms with E-state index in [1.54, 1.807) is 24.3 Å². The fraction of sp³-hybridized carbons (Fsp3) is 0.558. The van der Waals surface area contributed by atoms with Gasteiger partial charge in [-0.25, -0.2) is 0 Å². The third-order valence-corrected chi connectivity index (χ3v) is 19.0. The maximum absolute atomic E-state index is 12.3. The Kier molecular flexibility index (Phi) is 50.4. The molecule has 0 unspecified atom stereocenters. The molecule has 0 saturated heterocycles. The highest BCUT2D eigenvalue weighted by Crippen LogP contribution is 2.43. The van der Waals surface area contributed by atoms with Crippen LogP contribution < -0.4 is 28.7 Å². The molecular weight excluding hydrogens is 1430 g/mol. The van der Waals surface area contributed by atoms with Crippen molar-refractivity contribution < 1.29 is 48.2 Å². The van der Waals surface area contributed by atoms with E-state index in [1.807, 2.05) is 55.5 Å². The Labute approximate surface area is 665 Å². The van der Waals surface area contributed by atoms with Crippen LogP contribution in [0.5, 0.6) is 23.0 Å². The average molecular weight is 1550 g/mol. The quantitative estimate of drug-likeness (QED) is 0.00927. The summed E-state index contributed by atoms with van der Waals surface area (Å²) in [4.78, 5) is 47.9. The van der Waals surface area contributed by atoms with Gasteiger partial charge in [0.05, 0.1) is 74.2 Å². The molecule has 0 heterocycles. The lowest BCUT2D eigenvalue weighted by molar-refractivity contribution is -0.385. The third kappa shape index (κ3) is 40.5. The van der Waals surface area contributed by atoms with E-state index in [2.05, 4.69) is 71.5 Å². The lowest BCUT2D eigenvalue weighted by Crippen LogP contribution is -2.27. The SMILES string of the molecule is CCCCCCCCCCCCCCCCCCC(=O)Cl.CCCCCCCCCCCCCCCCCCC(=O)OCCN(CC)c1ccc(N=Nc2cc(OC)c(N=Nc3ccc([N+](=O)[O-])cc3)cc2OC)cc1.CCN(CCO)c1ccc(N=Nc2cc(OC)c(N=Nc3ccc([N+](=O)[O-])cc3)cc2OC)cc1. The number of carbonyl (C=O) groups is 2. The molecule has 25 heteroatoms. The zero-order valence-corrected chi connectivity index (χ0v) is 68.3. The third-order valence-electron chi connectivity index (χ3n) is 18.8. The predicted molar refractivity (Wildman–Crippen MR) is 448 cm³/mol. The number of likely N-dealkylation sites (N-methyl/N-ethyl adjacent to an activating group) is 2. The summed E-state index contributed by atoms with van der Waals surface area (Å²) >= 11 is 5.30. The summed E-state index contributed by atoms with van der Waals surface area (Å²) in [6.45, 7) is 11.8. The number of carbonyl (C=O) groups excluding carboxylic acids is 2. The topological polar surface area (TPSA) is 292 Å². The number of esters is 1. The van der Waals surface area contributed by atoms with Crippen molar-refractivity contribution in [2.24, 2.45) is 40.9 Å². The van der Waals surface area contributed by atoms with Crippen LogP contribution in [0.3, 0.4) is 0 Å². The van der Waals surface area contributed by atoms with Crippen molar-refractivity contribution in [3.05, 3.63) is 142 Å². The molecule has 0 spiro atoms. The number of anilines is 2. The van der Waals surface area contributed by atoms with Crippen LogP contribution in [0, 0.1) is 20.2 Å². The van der Waals surface area contributed by atoms with Crippen LogP contribution in [-0.4, -0.2) is 94.0 Å². The van der Waals surface area contributed by atoms with Crippen LogP contribution in [0.4, 0.5) is 68.2 Å². The first kappa shape index (κ1) is 94.1. The van der Waals surface area contributed by atoms with Gasteiger partial charge in [-0.2, -0.15) is 20.5 Å². The standard InChI is InChI=1S/C43H62N6O6.C24H26N6O5.C19H37ClO/c1-5-7-8-9-10-11-12-13-14-15-16-17-18-19-20-21-22-43(50)55-32-31-48(6-2)37-27-23-35(24-28-37)44-46-39-33-42(54-4)40(34-41(39)53-3)47-45-36-25-29-38(30-26-36)49(51)52;1-4-29(13-14-31)19-9-5-17(6-10-19)25-27-21-15-24(35-3)22(16-23(21)34-2)28-26-18-7-11-20(12-8-18)30(32)33;1-2-3-4-5-6-7-8-9-10-11-12-13-14-15-16-17-18-19(20)21/h23-30,33-34H,5-22,31-32H2,1-4H3;5-12,15-16,31H,4,13-14H2,1-3H3;2-18H2,1H3. The van der Waals surface area contributed by atoms with Crippen molar-refractivity contribution in [1.29, 1.82) is 0 Å². The first-order valence-corrected chi connectivity index (χ1v) is 40.8. The summed E-state index contributed by atoms with van der Waals surface area (Å²) < 4.78 is 27.5. The molecule has 0 saturated carbocycles. The predicted octanol–water partition coefficient (Wildman–Crippen LogP) is 27.1. The number of benzene rings is 6. The van der Waals surface area contributed by atoms with Crippen LogP contribution in [0.25, 0.3) is 0 Å². The van der Waals surface area contributed by atoms with E-state index in [1.165, 1.54) is 257 Å². The number of hydrogen-bond acceptors (Lipinski definition) is 22. The molecule has 0 aliphatic rings. The first-order chi connectivity index (χ1) is 54.1. The van der Waals surface area contributed by atoms with Crippen LogP contribution in [0.2, 0.25) is 0 Å². The van der Waals surface area contributed by atoms with Gasteiger partial charge in [-0.3, -0.25) is 29.8 Å². The van der Waals surface area contributed by atoms with E-state index in [0.29, 0.717) is 101 Å². The van der Waals surface area contributed by atoms with E-state index in [0.717, 1.165) is 50.1 Å². The number of aliphatic hydroxyl groups excluding tert-OH is 1. The van der Waals surface area contributed by atoms with Crippen LogP contribution in [0.1, 0.15) is 246 Å². The molecule has 111 heavy (non-hydrogen) atoms. The summed E-state index contributed by atoms with van der Waals surface area (Å²) in [5.41, 5.74) is 5.80. The van der Waals surface area contributed by atoms with Gasteiger partial charge in [-0.1, -0.05) is 206 Å². The Balaban J connectivity index is 0.000000394. The molecule has 0 fully saturated rings. The smallest absolute Gasteiger partial charge is 0.305 e. The fourth-order valence-electron chi connectivity index (χ4n) is 12.3. The molecule has 608 valence electrons. The summed E-state index contributed by atoms with van der Waals surface area (Å²) in [5.74, 6) is 1.53. The number of ether oxygens (including phenoxy) is 5. The van der Waals surface area contributed by atoms with Crippen molar-refractivity contribution in [2.45, 2.75) is 246 Å². The molecule has 0 radical (unpaired) electrons. The number of methoxy groups -OCH3 is 4. The van der Waals surface area contributed by atoms with Crippen LogP contribution in [0.15, 0.2) is 162 Å². The summed E-state index contributed by atoms with van der Waals surface area (Å²) in [6.07, 6.45) is 43.8. The Morgan fingerprint density at radius 1 is 0.369 bits per heavy atom. The molecular formula is C86H125ClN12O12. The lowest BCUT2D eigenvalue weighted by atomic mass is 10.0. The van der Waals surface area contributed by atoms with Crippen molar-refractivity contribution in [3.8, 4) is 23.0 Å². The number of nitro groups is 2. The molecule has 0 bridgehead atoms. The highest BCUT2D eigenvalue weighted by molar-refractivity contribution is 6.63. The molecule has 0 aliphatic carbocycles. The second-order valence-corrected chi connectivity index (χ2v) is 27.8. The molecule has 6 aromatic carbocycles. The number of halogens is 1. The van der Waals surface area contributed by atoms with E-state index >= 15 is 0 Å². The van der Waals surface area contributed by atoms with Gasteiger partial charge in [0.2, 0.25) is 5.24 Å². The van der Waals surface area contributed by atoms with Gasteiger partial charge in [-0.05, 0) is 111 Å². The van der Waals surface area contributed by atoms with E-state index < -0.39 is 9.85 Å². The Morgan fingerprint density at radius 3 is 0.865 bits per heavy atom. The highest BCUT2D eigenvalue weighted by atomic mass is 35.5. The van der Waals surface area contributed by atoms with Crippen LogP contribution >= 0.6 is 11.6 Å². The molecule has 0 aromatic heterocycles. The van der Waals surface area contributed by atoms with Crippen molar-refractivity contribution in [3.63, 3.8) is 0 Å². The van der Waals surface area contributed by atoms with Gasteiger partial charge in [0, 0.05) is 92.4 Å². The second-order valence-electron chi connectivity index (χ2n) is 27.3. The van der Waals surface area contributed by atoms with E-state index in [9.17, 15) is 34.9 Å². The van der Waals surface area contributed by atoms with Gasteiger partial charge in [0.25, 0.3) is 11.4 Å². The average Bonchev–Trinajstić information content (AvgIpc) is 0.835. The molecule has 0 aliphatic heterocycles. The molecule has 0 amide bonds. The van der Waals surface area contributed by atoms with Gasteiger partial charge in [0.15, 0.2) is 0 Å². The van der Waals surface area contributed by atoms with E-state index in [4.69, 9.17) is 35.3 Å². The molecule has 24 nitrogen and oxygen atoms in total. The maximum Gasteiger partial charge on any atom is 0.305 e. The first-order valence-electron chi connectivity index (χ1n) is 40.5. The molecule has 6 aromatic rings. The zero-order valence-electron chi connectivity index (χ0n) is 67.5. The zero-order chi connectivity index (χ0) is 80.3. The highest BCUT2D eigenvalue weighted by Gasteiger charge is 2.16. The number of azo groups is 4. The number of non-ortho nitro benzene ring substituents is 2. The van der Waals surface area contributed by atoms with Crippen molar-refractivity contribution in [1.82, 2.24) is 0 Å². The molecule has 6 rings (SSSR count). The Morgan fingerprint density at radius 2 is 0.622 bits per heavy atom. The minimum absolute atomic E-state index is 0.0274. The van der Waals surface area contributed by atoms with Crippen LogP contribution in [-0.2, 0) is 14.3 Å². The summed E-state index contributed by atoms with van der Waals surface area (Å²) in [6, 6.07) is 33.2. The number of rotatable bonds is 57. The number of nitro benzene ring substituents is 2. The number of unbranched alkanes of at least 4 members (excludes halogenated alkanes) is 30. The van der Waals surface area contributed by atoms with Gasteiger partial charge in [-0.15, -0.1) is 20.5 Å². The van der Waals surface area contributed by atoms with Gasteiger partial charge in [0.1, 0.15) is 52.4 Å². The molecule has 0 atom stereocenters. The number of nitrogens with zero attached hydrogens (tertiary/aromatic N) is 12. The monoisotopic (exact) mass is 1550 g/mol. The minimum atomic E-state index is -0.479. The normalized spacial score (nSPS) is 11.2. The maximum atomic E-state index is 12.3. The van der Waals surface area contributed by atoms with Crippen molar-refractivity contribution >= 4 is 91.1 Å². The largest absolute Gasteiger partial charge is 0.494 e. The molecule has 1 N–H and O–H groups in total. The summed E-state index contributed by atoms with van der Waals surface area (Å²) in [5, 5.41) is 64.8. The second kappa shape index (κ2) is 59.5. The number of aliphatic hydroxyl groups is 1.